The molecule has 3 heteroatoms. The van der Waals surface area contributed by atoms with Crippen molar-refractivity contribution in [2.45, 2.75) is 31.7 Å². The minimum atomic E-state index is 0.107. The highest BCUT2D eigenvalue weighted by atomic mass is 32.2. The van der Waals surface area contributed by atoms with Gasteiger partial charge < -0.3 is 5.32 Å². The number of carbonyl (C=O) groups is 1. The molecule has 1 aromatic carbocycles. The Morgan fingerprint density at radius 2 is 1.88 bits per heavy atom. The Bertz CT molecular complexity index is 324. The molecule has 0 aromatic heterocycles. The Kier molecular flexibility index (Phi) is 5.39. The van der Waals surface area contributed by atoms with Gasteiger partial charge in [-0.15, -0.1) is 11.8 Å². The zero-order valence-corrected chi connectivity index (χ0v) is 10.9. The van der Waals surface area contributed by atoms with Crippen LogP contribution >= 0.6 is 11.8 Å². The molecular formula is C13H19NOS. The Morgan fingerprint density at radius 1 is 1.25 bits per heavy atom. The minimum absolute atomic E-state index is 0.107. The number of rotatable bonds is 5. The predicted octanol–water partition coefficient (Wildman–Crippen LogP) is 2.94. The summed E-state index contributed by atoms with van der Waals surface area (Å²) < 4.78 is 0. The first-order valence-corrected chi connectivity index (χ1v) is 6.55. The highest BCUT2D eigenvalue weighted by Gasteiger charge is 2.10. The second-order valence-corrected chi connectivity index (χ2v) is 5.25. The van der Waals surface area contributed by atoms with Crippen molar-refractivity contribution in [2.24, 2.45) is 5.92 Å². The van der Waals surface area contributed by atoms with Crippen LogP contribution in [-0.4, -0.2) is 17.7 Å². The standard InChI is InChI=1S/C13H19NOS/c1-10(2)11(3)14-13(15)9-16-12-7-5-4-6-8-12/h4-8,10-11H,9H2,1-3H3,(H,14,15)/t11-/m1/s1. The maximum atomic E-state index is 11.6. The van der Waals surface area contributed by atoms with E-state index in [2.05, 4.69) is 19.2 Å². The van der Waals surface area contributed by atoms with Gasteiger partial charge in [-0.05, 0) is 25.0 Å². The summed E-state index contributed by atoms with van der Waals surface area (Å²) in [5.41, 5.74) is 0. The summed E-state index contributed by atoms with van der Waals surface area (Å²) >= 11 is 1.57. The van der Waals surface area contributed by atoms with E-state index in [1.54, 1.807) is 11.8 Å². The lowest BCUT2D eigenvalue weighted by Crippen LogP contribution is -2.37. The molecule has 0 saturated carbocycles. The van der Waals surface area contributed by atoms with Crippen LogP contribution in [0.2, 0.25) is 0 Å². The first-order valence-electron chi connectivity index (χ1n) is 5.57. The van der Waals surface area contributed by atoms with Crippen LogP contribution in [0.3, 0.4) is 0 Å². The number of nitrogens with one attached hydrogen (secondary N) is 1. The summed E-state index contributed by atoms with van der Waals surface area (Å²) in [4.78, 5) is 12.7. The number of amides is 1. The van der Waals surface area contributed by atoms with E-state index in [0.29, 0.717) is 11.7 Å². The lowest BCUT2D eigenvalue weighted by molar-refractivity contribution is -0.119. The van der Waals surface area contributed by atoms with Gasteiger partial charge in [0.1, 0.15) is 0 Å². The van der Waals surface area contributed by atoms with Crippen molar-refractivity contribution in [3.05, 3.63) is 30.3 Å². The van der Waals surface area contributed by atoms with Crippen LogP contribution in [0.1, 0.15) is 20.8 Å². The van der Waals surface area contributed by atoms with Gasteiger partial charge in [-0.2, -0.15) is 0 Å². The maximum absolute atomic E-state index is 11.6. The van der Waals surface area contributed by atoms with Gasteiger partial charge in [0.15, 0.2) is 0 Å². The Morgan fingerprint density at radius 3 is 2.44 bits per heavy atom. The molecule has 88 valence electrons. The summed E-state index contributed by atoms with van der Waals surface area (Å²) in [6.07, 6.45) is 0. The fourth-order valence-corrected chi connectivity index (χ4v) is 1.86. The van der Waals surface area contributed by atoms with Gasteiger partial charge in [-0.3, -0.25) is 4.79 Å². The molecule has 16 heavy (non-hydrogen) atoms. The van der Waals surface area contributed by atoms with Crippen LogP contribution in [0.4, 0.5) is 0 Å². The fourth-order valence-electron chi connectivity index (χ4n) is 1.13. The largest absolute Gasteiger partial charge is 0.353 e. The maximum Gasteiger partial charge on any atom is 0.230 e. The van der Waals surface area contributed by atoms with Crippen molar-refractivity contribution in [1.29, 1.82) is 0 Å². The summed E-state index contributed by atoms with van der Waals surface area (Å²) in [6.45, 7) is 6.25. The SMILES string of the molecule is CC(C)[C@@H](C)NC(=O)CSc1ccccc1. The van der Waals surface area contributed by atoms with Crippen LogP contribution < -0.4 is 5.32 Å². The molecular weight excluding hydrogens is 218 g/mol. The lowest BCUT2D eigenvalue weighted by atomic mass is 10.1. The molecule has 2 nitrogen and oxygen atoms in total. The van der Waals surface area contributed by atoms with E-state index in [1.807, 2.05) is 37.3 Å². The Hall–Kier alpha value is -0.960. The topological polar surface area (TPSA) is 29.1 Å². The summed E-state index contributed by atoms with van der Waals surface area (Å²) in [6, 6.07) is 10.2. The molecule has 0 aliphatic rings. The molecule has 0 unspecified atom stereocenters. The van der Waals surface area contributed by atoms with Crippen LogP contribution in [0.25, 0.3) is 0 Å². The second-order valence-electron chi connectivity index (χ2n) is 4.20. The number of benzene rings is 1. The minimum Gasteiger partial charge on any atom is -0.353 e. The molecule has 0 heterocycles. The molecule has 0 aliphatic heterocycles. The highest BCUT2D eigenvalue weighted by molar-refractivity contribution is 8.00. The van der Waals surface area contributed by atoms with E-state index in [9.17, 15) is 4.79 Å². The van der Waals surface area contributed by atoms with Crippen molar-refractivity contribution in [3.8, 4) is 0 Å². The van der Waals surface area contributed by atoms with Gasteiger partial charge in [0.2, 0.25) is 5.91 Å². The van der Waals surface area contributed by atoms with Gasteiger partial charge in [-0.1, -0.05) is 32.0 Å². The van der Waals surface area contributed by atoms with E-state index in [-0.39, 0.29) is 11.9 Å². The third-order valence-corrected chi connectivity index (χ3v) is 3.51. The third-order valence-electron chi connectivity index (χ3n) is 2.50. The number of hydrogen-bond acceptors (Lipinski definition) is 2. The quantitative estimate of drug-likeness (QED) is 0.798. The Balaban J connectivity index is 2.31. The van der Waals surface area contributed by atoms with Crippen LogP contribution in [0, 0.1) is 5.92 Å². The number of hydrogen-bond donors (Lipinski definition) is 1. The smallest absolute Gasteiger partial charge is 0.230 e. The van der Waals surface area contributed by atoms with E-state index in [0.717, 1.165) is 4.90 Å². The highest BCUT2D eigenvalue weighted by Crippen LogP contribution is 2.16. The summed E-state index contributed by atoms with van der Waals surface area (Å²) in [5, 5.41) is 2.99. The van der Waals surface area contributed by atoms with E-state index in [1.165, 1.54) is 0 Å². The van der Waals surface area contributed by atoms with E-state index >= 15 is 0 Å². The van der Waals surface area contributed by atoms with E-state index < -0.39 is 0 Å². The molecule has 0 radical (unpaired) electrons. The van der Waals surface area contributed by atoms with Crippen molar-refractivity contribution >= 4 is 17.7 Å². The van der Waals surface area contributed by atoms with Crippen molar-refractivity contribution < 1.29 is 4.79 Å². The van der Waals surface area contributed by atoms with E-state index in [4.69, 9.17) is 0 Å². The molecule has 0 bridgehead atoms. The lowest BCUT2D eigenvalue weighted by Gasteiger charge is -2.17. The average Bonchev–Trinajstić information content (AvgIpc) is 2.27. The fraction of sp³-hybridized carbons (Fsp3) is 0.462. The number of carbonyl (C=O) groups excluding carboxylic acids is 1. The van der Waals surface area contributed by atoms with Crippen LogP contribution in [0.5, 0.6) is 0 Å². The molecule has 1 amide bonds. The van der Waals surface area contributed by atoms with Crippen LogP contribution in [-0.2, 0) is 4.79 Å². The molecule has 1 N–H and O–H groups in total. The van der Waals surface area contributed by atoms with Crippen molar-refractivity contribution in [1.82, 2.24) is 5.32 Å². The van der Waals surface area contributed by atoms with Gasteiger partial charge in [0.25, 0.3) is 0 Å². The van der Waals surface area contributed by atoms with Gasteiger partial charge in [-0.25, -0.2) is 0 Å². The van der Waals surface area contributed by atoms with Crippen molar-refractivity contribution in [3.63, 3.8) is 0 Å². The van der Waals surface area contributed by atoms with Gasteiger partial charge in [0.05, 0.1) is 5.75 Å². The molecule has 0 fully saturated rings. The second kappa shape index (κ2) is 6.59. The molecule has 0 aliphatic carbocycles. The molecule has 0 spiro atoms. The van der Waals surface area contributed by atoms with Crippen LogP contribution in [0.15, 0.2) is 35.2 Å². The predicted molar refractivity (Wildman–Crippen MR) is 69.6 cm³/mol. The van der Waals surface area contributed by atoms with Gasteiger partial charge >= 0.3 is 0 Å². The Labute approximate surface area is 102 Å². The zero-order valence-electron chi connectivity index (χ0n) is 10.1. The monoisotopic (exact) mass is 237 g/mol. The third kappa shape index (κ3) is 4.71. The average molecular weight is 237 g/mol. The first kappa shape index (κ1) is 13.1. The number of thioether (sulfide) groups is 1. The zero-order chi connectivity index (χ0) is 12.0. The van der Waals surface area contributed by atoms with Gasteiger partial charge in [0, 0.05) is 10.9 Å². The molecule has 1 rings (SSSR count). The molecule has 1 atom stereocenters. The molecule has 0 saturated heterocycles. The molecule has 1 aromatic rings. The van der Waals surface area contributed by atoms with Crippen molar-refractivity contribution in [2.75, 3.05) is 5.75 Å². The normalized spacial score (nSPS) is 12.5. The summed E-state index contributed by atoms with van der Waals surface area (Å²) in [5.74, 6) is 1.07. The summed E-state index contributed by atoms with van der Waals surface area (Å²) in [7, 11) is 0. The first-order chi connectivity index (χ1) is 7.59.